The molecule has 4 radical (unpaired) electrons. The van der Waals surface area contributed by atoms with Gasteiger partial charge in [-0.1, -0.05) is 0 Å². The predicted octanol–water partition coefficient (Wildman–Crippen LogP) is -4.67. The molecule has 0 bridgehead atoms. The Morgan fingerprint density at radius 3 is 0.846 bits per heavy atom. The van der Waals surface area contributed by atoms with Crippen LogP contribution in [0.2, 0.25) is 0 Å². The zero-order chi connectivity index (χ0) is 9.00. The summed E-state index contributed by atoms with van der Waals surface area (Å²) in [5, 5.41) is 0. The zero-order valence-electron chi connectivity index (χ0n) is 6.23. The Kier molecular flexibility index (Phi) is 27.5. The van der Waals surface area contributed by atoms with Crippen LogP contribution in [-0.2, 0) is 10.4 Å². The number of hydrogen-bond acceptors (Lipinski definition) is 6. The van der Waals surface area contributed by atoms with Crippen LogP contribution >= 0.6 is 12.4 Å². The minimum absolute atomic E-state index is 0. The van der Waals surface area contributed by atoms with E-state index in [9.17, 15) is 0 Å². The van der Waals surface area contributed by atoms with Gasteiger partial charge in [0.25, 0.3) is 0 Å². The fourth-order valence-corrected chi connectivity index (χ4v) is 0. The van der Waals surface area contributed by atoms with Gasteiger partial charge in [0.2, 0.25) is 0 Å². The van der Waals surface area contributed by atoms with Crippen molar-refractivity contribution in [3.05, 3.63) is 0 Å². The average molecular weight is 649 g/mol. The fourth-order valence-electron chi connectivity index (χ4n) is 0. The van der Waals surface area contributed by atoms with Crippen molar-refractivity contribution >= 4 is 86.5 Å². The molecule has 0 aliphatic heterocycles. The Morgan fingerprint density at radius 1 is 0.846 bits per heavy atom. The third-order valence-corrected chi connectivity index (χ3v) is 0. The molecule has 84 valence electrons. The normalized spacial score (nSPS) is 9.08. The first-order chi connectivity index (χ1) is 4.00. The summed E-state index contributed by atoms with van der Waals surface area (Å²) in [6.45, 7) is 0. The van der Waals surface area contributed by atoms with E-state index in [1.807, 2.05) is 0 Å². The van der Waals surface area contributed by atoms with Gasteiger partial charge in [-0.2, -0.15) is 8.42 Å². The van der Waals surface area contributed by atoms with Crippen LogP contribution < -0.4 is 0 Å². The first-order valence-electron chi connectivity index (χ1n) is 1.59. The molecule has 0 unspecified atom stereocenters. The monoisotopic (exact) mass is 650 g/mol. The van der Waals surface area contributed by atoms with E-state index >= 15 is 0 Å². The second kappa shape index (κ2) is 12.1. The van der Waals surface area contributed by atoms with Gasteiger partial charge in [-0.15, -0.1) is 12.4 Å². The van der Waals surface area contributed by atoms with E-state index in [1.165, 1.54) is 0 Å². The molecule has 0 saturated heterocycles. The second-order valence-electron chi connectivity index (χ2n) is 1.05. The molecular weight excluding hydrogens is 638 g/mol. The molecule has 0 amide bonds. The van der Waals surface area contributed by atoms with E-state index in [1.54, 1.807) is 0 Å². The topological polar surface area (TPSA) is 156 Å². The van der Waals surface area contributed by atoms with Crippen molar-refractivity contribution in [2.45, 2.75) is 0 Å². The predicted molar refractivity (Wildman–Crippen MR) is 53.1 cm³/mol. The third-order valence-electron chi connectivity index (χ3n) is 0. The van der Waals surface area contributed by atoms with Crippen LogP contribution in [0.5, 0.6) is 0 Å². The summed E-state index contributed by atoms with van der Waals surface area (Å²) in [5.41, 5.74) is 0. The van der Waals surface area contributed by atoms with Crippen molar-refractivity contribution in [2.24, 2.45) is 0 Å². The molecule has 0 spiro atoms. The van der Waals surface area contributed by atoms with Gasteiger partial charge >= 0.3 is 74.0 Å². The molecule has 13 heavy (non-hydrogen) atoms. The molecule has 0 heterocycles. The van der Waals surface area contributed by atoms with Crippen molar-refractivity contribution in [1.82, 2.24) is 0 Å². The molecule has 0 atom stereocenters. The maximum atomic E-state index is 8.74. The first kappa shape index (κ1) is 29.4. The van der Waals surface area contributed by atoms with Crippen molar-refractivity contribution in [1.29, 1.82) is 0 Å². The Hall–Kier alpha value is 2.06. The number of halogens is 1. The molecule has 6 N–H and O–H groups in total. The Labute approximate surface area is 122 Å². The van der Waals surface area contributed by atoms with Gasteiger partial charge in [0.05, 0.1) is 0 Å². The summed E-state index contributed by atoms with van der Waals surface area (Å²) in [6.07, 6.45) is 0. The summed E-state index contributed by atoms with van der Waals surface area (Å²) in [6, 6.07) is 0. The van der Waals surface area contributed by atoms with Gasteiger partial charge < -0.3 is 19.2 Å². The van der Waals surface area contributed by atoms with Crippen molar-refractivity contribution in [3.63, 3.8) is 0 Å². The molecule has 13 heteroatoms. The second-order valence-corrected chi connectivity index (χ2v) is 3.14. The van der Waals surface area contributed by atoms with Gasteiger partial charge in [-0.3, -0.25) is 9.11 Å². The molecular formula is H11ClO8Pb2SSi. The van der Waals surface area contributed by atoms with Gasteiger partial charge in [0.1, 0.15) is 0 Å². The molecule has 0 rings (SSSR count). The standard InChI is InChI=1S/ClH.H2O4S.H4O4Si.2Pb.4H/c;2*1-5(2,3)4;;;;;;/h1H;(H2,1,2,3,4);1-4H;;;;;;. The molecule has 8 nitrogen and oxygen atoms in total. The van der Waals surface area contributed by atoms with Crippen LogP contribution in [-0.4, -0.2) is 100 Å². The third kappa shape index (κ3) is 482. The van der Waals surface area contributed by atoms with Crippen LogP contribution in [0.1, 0.15) is 0 Å². The summed E-state index contributed by atoms with van der Waals surface area (Å²) in [5.74, 6) is 0. The van der Waals surface area contributed by atoms with E-state index < -0.39 is 19.4 Å². The van der Waals surface area contributed by atoms with Crippen LogP contribution in [0.3, 0.4) is 0 Å². The van der Waals surface area contributed by atoms with Gasteiger partial charge in [0.15, 0.2) is 0 Å². The van der Waals surface area contributed by atoms with Crippen molar-refractivity contribution in [3.8, 4) is 0 Å². The fraction of sp³-hybridized carbons (Fsp3) is 0. The van der Waals surface area contributed by atoms with Crippen molar-refractivity contribution < 1.29 is 36.7 Å². The summed E-state index contributed by atoms with van der Waals surface area (Å²) in [4.78, 5) is 29.3. The molecule has 0 saturated carbocycles. The van der Waals surface area contributed by atoms with Gasteiger partial charge in [0, 0.05) is 0 Å². The van der Waals surface area contributed by atoms with E-state index in [4.69, 9.17) is 36.7 Å². The zero-order valence-corrected chi connectivity index (χ0v) is 19.9. The SMILES string of the molecule is Cl.O=S(=O)(O)O.O[Si](O)(O)O.[PbH2].[PbH2]. The van der Waals surface area contributed by atoms with Crippen LogP contribution in [0, 0.1) is 0 Å². The van der Waals surface area contributed by atoms with E-state index in [0.29, 0.717) is 0 Å². The molecule has 0 aliphatic rings. The minimum atomic E-state index is -4.67. The molecule has 0 aromatic heterocycles. The quantitative estimate of drug-likeness (QED) is 0.113. The first-order valence-corrected chi connectivity index (χ1v) is 4.78. The van der Waals surface area contributed by atoms with Crippen molar-refractivity contribution in [2.75, 3.05) is 0 Å². The number of hydrogen-bond donors (Lipinski definition) is 6. The van der Waals surface area contributed by atoms with E-state index in [0.717, 1.165) is 0 Å². The average Bonchev–Trinajstić information content (AvgIpc) is 1.12. The van der Waals surface area contributed by atoms with Crippen LogP contribution in [0.15, 0.2) is 0 Å². The van der Waals surface area contributed by atoms with E-state index in [2.05, 4.69) is 0 Å². The summed E-state index contributed by atoms with van der Waals surface area (Å²) in [7, 11) is -9.28. The number of rotatable bonds is 0. The Balaban J connectivity index is -0.0000000267. The summed E-state index contributed by atoms with van der Waals surface area (Å²) < 4.78 is 31.6. The Morgan fingerprint density at radius 2 is 0.846 bits per heavy atom. The van der Waals surface area contributed by atoms with Gasteiger partial charge in [-0.25, -0.2) is 0 Å². The molecule has 0 aromatic carbocycles. The Bertz CT molecular complexity index is 157. The van der Waals surface area contributed by atoms with Crippen LogP contribution in [0.25, 0.3) is 0 Å². The van der Waals surface area contributed by atoms with E-state index in [-0.39, 0.29) is 67.0 Å². The van der Waals surface area contributed by atoms with Gasteiger partial charge in [-0.05, 0) is 0 Å². The van der Waals surface area contributed by atoms with Crippen LogP contribution in [0.4, 0.5) is 0 Å². The maximum absolute atomic E-state index is 8.74. The summed E-state index contributed by atoms with van der Waals surface area (Å²) >= 11 is 0. The molecule has 0 fully saturated rings. The molecule has 0 aliphatic carbocycles. The molecule has 0 aromatic rings.